The largest absolute Gasteiger partial charge is 0.354 e. The van der Waals surface area contributed by atoms with Gasteiger partial charge in [0.25, 0.3) is 0 Å². The van der Waals surface area contributed by atoms with E-state index in [1.54, 1.807) is 6.07 Å². The van der Waals surface area contributed by atoms with E-state index < -0.39 is 5.82 Å². The van der Waals surface area contributed by atoms with Crippen molar-refractivity contribution in [3.63, 3.8) is 0 Å². The Kier molecular flexibility index (Phi) is 5.13. The molecule has 1 saturated heterocycles. The first-order chi connectivity index (χ1) is 12.1. The number of hydrogen-bond acceptors (Lipinski definition) is 5. The molecule has 0 bridgehead atoms. The maximum atomic E-state index is 13.5. The van der Waals surface area contributed by atoms with Crippen LogP contribution in [0.4, 0.5) is 21.8 Å². The highest BCUT2D eigenvalue weighted by Crippen LogP contribution is 2.26. The Morgan fingerprint density at radius 2 is 2.20 bits per heavy atom. The predicted molar refractivity (Wildman–Crippen MR) is 96.5 cm³/mol. The maximum Gasteiger partial charge on any atom is 0.229 e. The summed E-state index contributed by atoms with van der Waals surface area (Å²) in [7, 11) is 0. The average Bonchev–Trinajstić information content (AvgIpc) is 3.03. The molecule has 1 unspecified atom stereocenters. The van der Waals surface area contributed by atoms with E-state index in [4.69, 9.17) is 5.26 Å². The van der Waals surface area contributed by atoms with Crippen LogP contribution in [-0.2, 0) is 6.42 Å². The van der Waals surface area contributed by atoms with Crippen LogP contribution in [0.25, 0.3) is 0 Å². The van der Waals surface area contributed by atoms with E-state index in [1.165, 1.54) is 25.0 Å². The number of nitriles is 1. The Bertz CT molecular complexity index is 799. The summed E-state index contributed by atoms with van der Waals surface area (Å²) in [5.41, 5.74) is 1.59. The smallest absolute Gasteiger partial charge is 0.229 e. The first kappa shape index (κ1) is 17.2. The van der Waals surface area contributed by atoms with Crippen molar-refractivity contribution in [1.82, 2.24) is 9.97 Å². The van der Waals surface area contributed by atoms with Gasteiger partial charge in [-0.3, -0.25) is 0 Å². The van der Waals surface area contributed by atoms with Gasteiger partial charge in [0.15, 0.2) is 0 Å². The second-order valence-electron chi connectivity index (χ2n) is 6.41. The molecule has 0 amide bonds. The molecule has 1 aromatic carbocycles. The van der Waals surface area contributed by atoms with Crippen molar-refractivity contribution in [3.05, 3.63) is 41.3 Å². The number of aromatic nitrogens is 2. The highest BCUT2D eigenvalue weighted by Gasteiger charge is 2.22. The first-order valence-electron chi connectivity index (χ1n) is 8.72. The van der Waals surface area contributed by atoms with Gasteiger partial charge in [-0.05, 0) is 44.4 Å². The molecule has 5 nitrogen and oxygen atoms in total. The average molecular weight is 339 g/mol. The van der Waals surface area contributed by atoms with Crippen LogP contribution in [0.5, 0.6) is 0 Å². The lowest BCUT2D eigenvalue weighted by molar-refractivity contribution is 0.624. The van der Waals surface area contributed by atoms with Crippen LogP contribution in [-0.4, -0.2) is 22.6 Å². The zero-order valence-corrected chi connectivity index (χ0v) is 14.6. The van der Waals surface area contributed by atoms with Crippen molar-refractivity contribution in [2.75, 3.05) is 16.8 Å². The van der Waals surface area contributed by atoms with E-state index in [-0.39, 0.29) is 5.56 Å². The van der Waals surface area contributed by atoms with Gasteiger partial charge in [0.2, 0.25) is 5.95 Å². The molecule has 1 aromatic heterocycles. The van der Waals surface area contributed by atoms with Crippen LogP contribution in [0.3, 0.4) is 0 Å². The molecule has 2 heterocycles. The molecular formula is C19H22FN5. The van der Waals surface area contributed by atoms with E-state index in [0.717, 1.165) is 30.9 Å². The quantitative estimate of drug-likeness (QED) is 0.885. The Morgan fingerprint density at radius 1 is 1.36 bits per heavy atom. The predicted octanol–water partition coefficient (Wildman–Crippen LogP) is 4.17. The topological polar surface area (TPSA) is 64.8 Å². The number of hydrogen-bond donors (Lipinski definition) is 1. The van der Waals surface area contributed by atoms with Crippen LogP contribution in [0.2, 0.25) is 0 Å². The molecule has 1 N–H and O–H groups in total. The molecule has 0 spiro atoms. The number of nitrogens with one attached hydrogen (secondary N) is 1. The van der Waals surface area contributed by atoms with Gasteiger partial charge in [-0.15, -0.1) is 0 Å². The van der Waals surface area contributed by atoms with E-state index in [9.17, 15) is 4.39 Å². The first-order valence-corrected chi connectivity index (χ1v) is 8.72. The molecule has 6 heteroatoms. The van der Waals surface area contributed by atoms with E-state index in [2.05, 4.69) is 40.1 Å². The second-order valence-corrected chi connectivity index (χ2v) is 6.41. The Hall–Kier alpha value is -2.68. The number of rotatable bonds is 5. The fraction of sp³-hybridized carbons (Fsp3) is 0.421. The highest BCUT2D eigenvalue weighted by atomic mass is 19.1. The normalized spacial score (nSPS) is 16.7. The number of benzene rings is 1. The van der Waals surface area contributed by atoms with Crippen LogP contribution in [0, 0.1) is 17.1 Å². The van der Waals surface area contributed by atoms with Crippen molar-refractivity contribution < 1.29 is 4.39 Å². The Morgan fingerprint density at radius 3 is 2.88 bits per heavy atom. The molecule has 2 aromatic rings. The summed E-state index contributed by atoms with van der Waals surface area (Å²) in [4.78, 5) is 11.5. The van der Waals surface area contributed by atoms with Crippen molar-refractivity contribution >= 4 is 17.5 Å². The fourth-order valence-corrected chi connectivity index (χ4v) is 3.16. The molecule has 1 aliphatic heterocycles. The van der Waals surface area contributed by atoms with E-state index in [1.807, 2.05) is 6.07 Å². The minimum atomic E-state index is -0.528. The van der Waals surface area contributed by atoms with Crippen LogP contribution < -0.4 is 10.2 Å². The Balaban J connectivity index is 1.92. The molecular weight excluding hydrogens is 317 g/mol. The molecule has 130 valence electrons. The second kappa shape index (κ2) is 7.47. The van der Waals surface area contributed by atoms with E-state index in [0.29, 0.717) is 17.7 Å². The van der Waals surface area contributed by atoms with Crippen molar-refractivity contribution in [2.24, 2.45) is 0 Å². The van der Waals surface area contributed by atoms with Gasteiger partial charge in [-0.2, -0.15) is 10.2 Å². The summed E-state index contributed by atoms with van der Waals surface area (Å²) in [5.74, 6) is 0.879. The lowest BCUT2D eigenvalue weighted by Gasteiger charge is -2.23. The Labute approximate surface area is 147 Å². The van der Waals surface area contributed by atoms with Gasteiger partial charge in [0.1, 0.15) is 17.7 Å². The summed E-state index contributed by atoms with van der Waals surface area (Å²) >= 11 is 0. The SMILES string of the molecule is CCCc1cc(N2CCCC2C)nc(Nc2ccc(F)c(C#N)c2)n1. The van der Waals surface area contributed by atoms with E-state index >= 15 is 0 Å². The molecule has 1 atom stereocenters. The molecule has 1 fully saturated rings. The van der Waals surface area contributed by atoms with Crippen LogP contribution in [0.15, 0.2) is 24.3 Å². The van der Waals surface area contributed by atoms with Crippen LogP contribution >= 0.6 is 0 Å². The fourth-order valence-electron chi connectivity index (χ4n) is 3.16. The van der Waals surface area contributed by atoms with Crippen molar-refractivity contribution in [1.29, 1.82) is 5.26 Å². The lowest BCUT2D eigenvalue weighted by atomic mass is 10.2. The standard InChI is InChI=1S/C19H22FN5/c1-3-5-15-11-18(25-9-4-6-13(25)2)24-19(22-15)23-16-7-8-17(20)14(10-16)12-21/h7-8,10-11,13H,3-6,9H2,1-2H3,(H,22,23,24). The van der Waals surface area contributed by atoms with Gasteiger partial charge in [-0.1, -0.05) is 13.3 Å². The number of halogens is 1. The summed E-state index contributed by atoms with van der Waals surface area (Å²) in [6.45, 7) is 5.33. The van der Waals surface area contributed by atoms with Gasteiger partial charge in [0.05, 0.1) is 5.56 Å². The molecule has 25 heavy (non-hydrogen) atoms. The molecule has 0 radical (unpaired) electrons. The molecule has 0 saturated carbocycles. The minimum absolute atomic E-state index is 0.00287. The van der Waals surface area contributed by atoms with Crippen molar-refractivity contribution in [2.45, 2.75) is 45.6 Å². The van der Waals surface area contributed by atoms with Crippen LogP contribution in [0.1, 0.15) is 44.4 Å². The summed E-state index contributed by atoms with van der Waals surface area (Å²) < 4.78 is 13.5. The monoisotopic (exact) mass is 339 g/mol. The van der Waals surface area contributed by atoms with Gasteiger partial charge < -0.3 is 10.2 Å². The zero-order chi connectivity index (χ0) is 17.8. The molecule has 0 aliphatic carbocycles. The zero-order valence-electron chi connectivity index (χ0n) is 14.6. The minimum Gasteiger partial charge on any atom is -0.354 e. The van der Waals surface area contributed by atoms with Crippen molar-refractivity contribution in [3.8, 4) is 6.07 Å². The summed E-state index contributed by atoms with van der Waals surface area (Å²) in [6, 6.07) is 8.72. The summed E-state index contributed by atoms with van der Waals surface area (Å²) in [6.07, 6.45) is 4.21. The van der Waals surface area contributed by atoms with Gasteiger partial charge >= 0.3 is 0 Å². The molecule has 1 aliphatic rings. The number of anilines is 3. The third-order valence-electron chi connectivity index (χ3n) is 4.46. The summed E-state index contributed by atoms with van der Waals surface area (Å²) in [5, 5.41) is 12.1. The van der Waals surface area contributed by atoms with Gasteiger partial charge in [0, 0.05) is 30.0 Å². The number of nitrogens with zero attached hydrogens (tertiary/aromatic N) is 4. The third-order valence-corrected chi connectivity index (χ3v) is 4.46. The molecule has 3 rings (SSSR count). The lowest BCUT2D eigenvalue weighted by Crippen LogP contribution is -2.27. The number of aryl methyl sites for hydroxylation is 1. The maximum absolute atomic E-state index is 13.5. The highest BCUT2D eigenvalue weighted by molar-refractivity contribution is 5.58. The third kappa shape index (κ3) is 3.87. The van der Waals surface area contributed by atoms with Gasteiger partial charge in [-0.25, -0.2) is 9.37 Å².